The van der Waals surface area contributed by atoms with Crippen LogP contribution in [0.5, 0.6) is 0 Å². The molecule has 0 rings (SSSR count). The Morgan fingerprint density at radius 2 is 1.32 bits per heavy atom. The molecule has 0 aromatic heterocycles. The van der Waals surface area contributed by atoms with Gasteiger partial charge in [-0.3, -0.25) is 9.59 Å². The number of hydrogen-bond donors (Lipinski definition) is 1. The second-order valence-electron chi connectivity index (χ2n) is 5.57. The fourth-order valence-corrected chi connectivity index (χ4v) is 3.21. The van der Waals surface area contributed by atoms with E-state index in [9.17, 15) is 14.7 Å². The topological polar surface area (TPSA) is 54.4 Å². The third-order valence-corrected chi connectivity index (χ3v) is 3.90. The molecule has 112 valence electrons. The smallest absolute Gasteiger partial charge is 0.314 e. The second kappa shape index (κ2) is 9.11. The van der Waals surface area contributed by atoms with Crippen molar-refractivity contribution in [2.24, 2.45) is 11.3 Å². The van der Waals surface area contributed by atoms with Crippen LogP contribution in [0.2, 0.25) is 0 Å². The molecule has 0 radical (unpaired) electrons. The summed E-state index contributed by atoms with van der Waals surface area (Å²) in [6.45, 7) is 8.15. The number of carboxylic acids is 1. The van der Waals surface area contributed by atoms with Crippen LogP contribution in [0.3, 0.4) is 0 Å². The second-order valence-corrected chi connectivity index (χ2v) is 5.57. The molecule has 0 aliphatic heterocycles. The van der Waals surface area contributed by atoms with E-state index < -0.39 is 17.3 Å². The molecule has 0 aliphatic carbocycles. The summed E-state index contributed by atoms with van der Waals surface area (Å²) in [7, 11) is 0. The Bertz CT molecular complexity index is 267. The zero-order valence-electron chi connectivity index (χ0n) is 13.0. The number of carboxylic acid groups (broad SMARTS) is 1. The van der Waals surface area contributed by atoms with Crippen LogP contribution < -0.4 is 0 Å². The van der Waals surface area contributed by atoms with Crippen LogP contribution in [-0.2, 0) is 9.59 Å². The minimum atomic E-state index is -0.945. The van der Waals surface area contributed by atoms with Crippen LogP contribution in [0.25, 0.3) is 0 Å². The average Bonchev–Trinajstić information content (AvgIpc) is 2.35. The lowest BCUT2D eigenvalue weighted by molar-refractivity contribution is -0.151. The number of carbonyl (C=O) groups is 2. The number of rotatable bonds is 11. The third-order valence-electron chi connectivity index (χ3n) is 3.90. The normalized spacial score (nSPS) is 13.3. The Kier molecular flexibility index (Phi) is 8.70. The van der Waals surface area contributed by atoms with E-state index in [1.54, 1.807) is 0 Å². The van der Waals surface area contributed by atoms with Gasteiger partial charge in [-0.25, -0.2) is 0 Å². The summed E-state index contributed by atoms with van der Waals surface area (Å²) in [5, 5.41) is 9.32. The van der Waals surface area contributed by atoms with E-state index in [1.807, 2.05) is 6.92 Å². The Balaban J connectivity index is 5.28. The molecule has 19 heavy (non-hydrogen) atoms. The molecule has 0 aromatic rings. The van der Waals surface area contributed by atoms with Crippen molar-refractivity contribution in [1.82, 2.24) is 0 Å². The van der Waals surface area contributed by atoms with Gasteiger partial charge in [0.1, 0.15) is 5.92 Å². The van der Waals surface area contributed by atoms with Gasteiger partial charge in [0, 0.05) is 5.41 Å². The van der Waals surface area contributed by atoms with Crippen molar-refractivity contribution < 1.29 is 14.7 Å². The summed E-state index contributed by atoms with van der Waals surface area (Å²) in [4.78, 5) is 24.2. The summed E-state index contributed by atoms with van der Waals surface area (Å²) in [6, 6.07) is 0. The van der Waals surface area contributed by atoms with Crippen molar-refractivity contribution in [2.75, 3.05) is 0 Å². The minimum Gasteiger partial charge on any atom is -0.481 e. The van der Waals surface area contributed by atoms with Gasteiger partial charge >= 0.3 is 5.97 Å². The standard InChI is InChI=1S/C16H30O3/c1-5-9-13(15(18)19)14(17)16(10-6-2,11-7-3)12-8-4/h13H,5-12H2,1-4H3,(H,18,19). The van der Waals surface area contributed by atoms with E-state index in [2.05, 4.69) is 20.8 Å². The molecule has 0 saturated carbocycles. The van der Waals surface area contributed by atoms with Crippen LogP contribution >= 0.6 is 0 Å². The number of aliphatic carboxylic acids is 1. The molecule has 0 fully saturated rings. The highest BCUT2D eigenvalue weighted by atomic mass is 16.4. The van der Waals surface area contributed by atoms with Crippen molar-refractivity contribution >= 4 is 11.8 Å². The van der Waals surface area contributed by atoms with E-state index in [4.69, 9.17) is 0 Å². The van der Waals surface area contributed by atoms with Gasteiger partial charge in [-0.05, 0) is 25.7 Å². The van der Waals surface area contributed by atoms with E-state index in [-0.39, 0.29) is 5.78 Å². The Hall–Kier alpha value is -0.860. The molecule has 1 atom stereocenters. The zero-order chi connectivity index (χ0) is 14.9. The lowest BCUT2D eigenvalue weighted by Crippen LogP contribution is -2.39. The van der Waals surface area contributed by atoms with Gasteiger partial charge in [0.25, 0.3) is 0 Å². The maximum absolute atomic E-state index is 12.8. The molecule has 0 bridgehead atoms. The first-order valence-electron chi connectivity index (χ1n) is 7.76. The quantitative estimate of drug-likeness (QED) is 0.564. The number of Topliss-reactive ketones (excluding diaryl/α,β-unsaturated/α-hetero) is 1. The molecular weight excluding hydrogens is 240 g/mol. The van der Waals surface area contributed by atoms with Gasteiger partial charge in [-0.2, -0.15) is 0 Å². The van der Waals surface area contributed by atoms with Crippen molar-refractivity contribution in [1.29, 1.82) is 0 Å². The summed E-state index contributed by atoms with van der Waals surface area (Å²) in [5.41, 5.74) is -0.406. The Morgan fingerprint density at radius 1 is 0.895 bits per heavy atom. The molecule has 3 nitrogen and oxygen atoms in total. The largest absolute Gasteiger partial charge is 0.481 e. The SMILES string of the molecule is CCCC(C(=O)O)C(=O)C(CCC)(CCC)CCC. The van der Waals surface area contributed by atoms with Crippen LogP contribution in [0, 0.1) is 11.3 Å². The maximum Gasteiger partial charge on any atom is 0.314 e. The fourth-order valence-electron chi connectivity index (χ4n) is 3.21. The number of ketones is 1. The highest BCUT2D eigenvalue weighted by Gasteiger charge is 2.41. The first kappa shape index (κ1) is 18.1. The molecule has 1 N–H and O–H groups in total. The van der Waals surface area contributed by atoms with E-state index in [0.29, 0.717) is 6.42 Å². The van der Waals surface area contributed by atoms with Crippen LogP contribution in [0.1, 0.15) is 79.1 Å². The molecule has 0 heterocycles. The van der Waals surface area contributed by atoms with Crippen LogP contribution in [0.15, 0.2) is 0 Å². The predicted octanol–water partition coefficient (Wildman–Crippen LogP) is 4.44. The van der Waals surface area contributed by atoms with Gasteiger partial charge in [0.05, 0.1) is 0 Å². The highest BCUT2D eigenvalue weighted by molar-refractivity contribution is 6.01. The van der Waals surface area contributed by atoms with E-state index >= 15 is 0 Å². The molecule has 0 amide bonds. The summed E-state index contributed by atoms with van der Waals surface area (Å²) in [6.07, 6.45) is 6.47. The van der Waals surface area contributed by atoms with Crippen molar-refractivity contribution in [3.63, 3.8) is 0 Å². The number of hydrogen-bond acceptors (Lipinski definition) is 2. The summed E-state index contributed by atoms with van der Waals surface area (Å²) < 4.78 is 0. The minimum absolute atomic E-state index is 0.0209. The molecule has 0 aromatic carbocycles. The monoisotopic (exact) mass is 270 g/mol. The lowest BCUT2D eigenvalue weighted by Gasteiger charge is -2.34. The summed E-state index contributed by atoms with van der Waals surface area (Å²) in [5.74, 6) is -1.78. The predicted molar refractivity (Wildman–Crippen MR) is 78.2 cm³/mol. The first-order chi connectivity index (χ1) is 8.98. The molecular formula is C16H30O3. The Morgan fingerprint density at radius 3 is 1.58 bits per heavy atom. The van der Waals surface area contributed by atoms with Crippen LogP contribution in [-0.4, -0.2) is 16.9 Å². The number of carbonyl (C=O) groups excluding carboxylic acids is 1. The van der Waals surface area contributed by atoms with E-state index in [1.165, 1.54) is 0 Å². The van der Waals surface area contributed by atoms with Gasteiger partial charge in [0.2, 0.25) is 0 Å². The lowest BCUT2D eigenvalue weighted by atomic mass is 9.68. The van der Waals surface area contributed by atoms with Gasteiger partial charge in [-0.15, -0.1) is 0 Å². The molecule has 0 spiro atoms. The van der Waals surface area contributed by atoms with Crippen molar-refractivity contribution in [2.45, 2.75) is 79.1 Å². The fraction of sp³-hybridized carbons (Fsp3) is 0.875. The van der Waals surface area contributed by atoms with Gasteiger partial charge < -0.3 is 5.11 Å². The van der Waals surface area contributed by atoms with Crippen LogP contribution in [0.4, 0.5) is 0 Å². The molecule has 0 saturated heterocycles. The highest BCUT2D eigenvalue weighted by Crippen LogP contribution is 2.39. The molecule has 3 heteroatoms. The average molecular weight is 270 g/mol. The van der Waals surface area contributed by atoms with Crippen molar-refractivity contribution in [3.05, 3.63) is 0 Å². The zero-order valence-corrected chi connectivity index (χ0v) is 13.0. The van der Waals surface area contributed by atoms with Crippen molar-refractivity contribution in [3.8, 4) is 0 Å². The molecule has 1 unspecified atom stereocenters. The van der Waals surface area contributed by atoms with E-state index in [0.717, 1.165) is 44.9 Å². The van der Waals surface area contributed by atoms with Gasteiger partial charge in [-0.1, -0.05) is 53.4 Å². The summed E-state index contributed by atoms with van der Waals surface area (Å²) >= 11 is 0. The van der Waals surface area contributed by atoms with Gasteiger partial charge in [0.15, 0.2) is 5.78 Å². The Labute approximate surface area is 117 Å². The maximum atomic E-state index is 12.8. The third kappa shape index (κ3) is 4.96. The molecule has 0 aliphatic rings. The first-order valence-corrected chi connectivity index (χ1v) is 7.76.